The van der Waals surface area contributed by atoms with Crippen LogP contribution in [-0.4, -0.2) is 28.3 Å². The van der Waals surface area contributed by atoms with Crippen LogP contribution in [-0.2, 0) is 4.79 Å². The van der Waals surface area contributed by atoms with E-state index in [4.69, 9.17) is 9.84 Å². The lowest BCUT2D eigenvalue weighted by atomic mass is 10.1. The number of hydrogen-bond donors (Lipinski definition) is 2. The lowest BCUT2D eigenvalue weighted by Gasteiger charge is -2.07. The summed E-state index contributed by atoms with van der Waals surface area (Å²) in [7, 11) is 1.48. The zero-order chi connectivity index (χ0) is 10.6. The van der Waals surface area contributed by atoms with Crippen LogP contribution >= 0.6 is 0 Å². The summed E-state index contributed by atoms with van der Waals surface area (Å²) in [5.74, 6) is -0.621. The van der Waals surface area contributed by atoms with Crippen LogP contribution in [0.3, 0.4) is 0 Å². The maximum atomic E-state index is 10.3. The molecule has 0 spiro atoms. The van der Waals surface area contributed by atoms with Gasteiger partial charge < -0.3 is 14.9 Å². The number of nitrogens with zero attached hydrogens (tertiary/aromatic N) is 1. The van der Waals surface area contributed by atoms with Crippen LogP contribution in [0, 0.1) is 0 Å². The molecule has 1 aromatic rings. The molecule has 0 aliphatic carbocycles. The maximum Gasteiger partial charge on any atom is 0.306 e. The largest absolute Gasteiger partial charge is 0.481 e. The van der Waals surface area contributed by atoms with Crippen LogP contribution in [0.15, 0.2) is 18.3 Å². The van der Waals surface area contributed by atoms with Crippen molar-refractivity contribution in [1.82, 2.24) is 4.98 Å². The molecule has 0 aliphatic heterocycles. The summed E-state index contributed by atoms with van der Waals surface area (Å²) in [6.07, 6.45) is 0.0476. The van der Waals surface area contributed by atoms with Crippen molar-refractivity contribution in [2.45, 2.75) is 12.5 Å². The van der Waals surface area contributed by atoms with E-state index in [1.807, 2.05) is 0 Å². The van der Waals surface area contributed by atoms with Gasteiger partial charge in [-0.1, -0.05) is 0 Å². The first kappa shape index (κ1) is 10.5. The summed E-state index contributed by atoms with van der Waals surface area (Å²) < 4.78 is 4.82. The molecule has 0 aromatic carbocycles. The SMILES string of the molecule is COc1ccc(C(O)CC(=O)O)cn1. The standard InChI is InChI=1S/C9H11NO4/c1-14-8-3-2-6(5-10-8)7(11)4-9(12)13/h2-3,5,7,11H,4H2,1H3,(H,12,13). The second-order valence-electron chi connectivity index (χ2n) is 2.75. The molecule has 5 heteroatoms. The van der Waals surface area contributed by atoms with Crippen LogP contribution in [0.25, 0.3) is 0 Å². The van der Waals surface area contributed by atoms with Crippen LogP contribution < -0.4 is 4.74 Å². The number of methoxy groups -OCH3 is 1. The van der Waals surface area contributed by atoms with Crippen LogP contribution in [0.2, 0.25) is 0 Å². The Morgan fingerprint density at radius 1 is 1.64 bits per heavy atom. The van der Waals surface area contributed by atoms with Gasteiger partial charge in [-0.3, -0.25) is 4.79 Å². The van der Waals surface area contributed by atoms with Crippen LogP contribution in [0.4, 0.5) is 0 Å². The molecular weight excluding hydrogens is 186 g/mol. The predicted molar refractivity (Wildman–Crippen MR) is 48.0 cm³/mol. The summed E-state index contributed by atoms with van der Waals surface area (Å²) in [6.45, 7) is 0. The smallest absolute Gasteiger partial charge is 0.306 e. The van der Waals surface area contributed by atoms with Gasteiger partial charge in [-0.05, 0) is 11.6 Å². The van der Waals surface area contributed by atoms with E-state index in [0.29, 0.717) is 11.4 Å². The van der Waals surface area contributed by atoms with Gasteiger partial charge in [-0.25, -0.2) is 4.98 Å². The predicted octanol–water partition coefficient (Wildman–Crippen LogP) is 0.598. The highest BCUT2D eigenvalue weighted by Gasteiger charge is 2.12. The Morgan fingerprint density at radius 3 is 2.79 bits per heavy atom. The molecule has 1 atom stereocenters. The van der Waals surface area contributed by atoms with Gasteiger partial charge in [0.25, 0.3) is 0 Å². The van der Waals surface area contributed by atoms with Crippen molar-refractivity contribution in [2.75, 3.05) is 7.11 Å². The fourth-order valence-electron chi connectivity index (χ4n) is 0.993. The fourth-order valence-corrected chi connectivity index (χ4v) is 0.993. The van der Waals surface area contributed by atoms with E-state index in [1.165, 1.54) is 13.3 Å². The number of carboxylic acid groups (broad SMARTS) is 1. The molecule has 0 saturated carbocycles. The molecule has 5 nitrogen and oxygen atoms in total. The van der Waals surface area contributed by atoms with E-state index < -0.39 is 12.1 Å². The van der Waals surface area contributed by atoms with E-state index in [0.717, 1.165) is 0 Å². The third-order valence-corrected chi connectivity index (χ3v) is 1.72. The molecule has 1 unspecified atom stereocenters. The van der Waals surface area contributed by atoms with Crippen molar-refractivity contribution < 1.29 is 19.7 Å². The highest BCUT2D eigenvalue weighted by molar-refractivity contribution is 5.67. The monoisotopic (exact) mass is 197 g/mol. The van der Waals surface area contributed by atoms with Crippen molar-refractivity contribution in [3.05, 3.63) is 23.9 Å². The minimum Gasteiger partial charge on any atom is -0.481 e. The van der Waals surface area contributed by atoms with Gasteiger partial charge in [0, 0.05) is 12.3 Å². The summed E-state index contributed by atoms with van der Waals surface area (Å²) in [5, 5.41) is 17.8. The number of carbonyl (C=O) groups is 1. The lowest BCUT2D eigenvalue weighted by molar-refractivity contribution is -0.139. The minimum absolute atomic E-state index is 0.325. The lowest BCUT2D eigenvalue weighted by Crippen LogP contribution is -2.05. The van der Waals surface area contributed by atoms with Gasteiger partial charge in [0.05, 0.1) is 19.6 Å². The third-order valence-electron chi connectivity index (χ3n) is 1.72. The molecule has 0 fully saturated rings. The van der Waals surface area contributed by atoms with Crippen LogP contribution in [0.5, 0.6) is 5.88 Å². The molecule has 1 rings (SSSR count). The number of carboxylic acids is 1. The topological polar surface area (TPSA) is 79.7 Å². The normalized spacial score (nSPS) is 12.1. The van der Waals surface area contributed by atoms with Crippen molar-refractivity contribution in [3.63, 3.8) is 0 Å². The average Bonchev–Trinajstić information content (AvgIpc) is 2.17. The number of aliphatic carboxylic acids is 1. The second-order valence-corrected chi connectivity index (χ2v) is 2.75. The zero-order valence-electron chi connectivity index (χ0n) is 7.67. The average molecular weight is 197 g/mol. The maximum absolute atomic E-state index is 10.3. The van der Waals surface area contributed by atoms with E-state index in [2.05, 4.69) is 4.98 Å². The molecule has 76 valence electrons. The Kier molecular flexibility index (Phi) is 3.41. The second kappa shape index (κ2) is 4.57. The van der Waals surface area contributed by atoms with Crippen molar-refractivity contribution in [1.29, 1.82) is 0 Å². The summed E-state index contributed by atoms with van der Waals surface area (Å²) in [4.78, 5) is 14.2. The molecule has 0 amide bonds. The molecule has 0 aliphatic rings. The van der Waals surface area contributed by atoms with Gasteiger partial charge in [-0.2, -0.15) is 0 Å². The zero-order valence-corrected chi connectivity index (χ0v) is 7.67. The molecule has 1 aromatic heterocycles. The number of pyridine rings is 1. The number of hydrogen-bond acceptors (Lipinski definition) is 4. The number of aliphatic hydroxyl groups is 1. The van der Waals surface area contributed by atoms with Crippen molar-refractivity contribution >= 4 is 5.97 Å². The van der Waals surface area contributed by atoms with E-state index >= 15 is 0 Å². The fraction of sp³-hybridized carbons (Fsp3) is 0.333. The number of aromatic nitrogens is 1. The third kappa shape index (κ3) is 2.70. The quantitative estimate of drug-likeness (QED) is 0.738. The van der Waals surface area contributed by atoms with Gasteiger partial charge in [-0.15, -0.1) is 0 Å². The van der Waals surface area contributed by atoms with Gasteiger partial charge in [0.2, 0.25) is 5.88 Å². The highest BCUT2D eigenvalue weighted by Crippen LogP contribution is 2.17. The van der Waals surface area contributed by atoms with Gasteiger partial charge in [0.15, 0.2) is 0 Å². The molecule has 0 bridgehead atoms. The van der Waals surface area contributed by atoms with Gasteiger partial charge in [0.1, 0.15) is 0 Å². The Balaban J connectivity index is 2.71. The first-order chi connectivity index (χ1) is 6.63. The Bertz CT molecular complexity index is 309. The van der Waals surface area contributed by atoms with Gasteiger partial charge >= 0.3 is 5.97 Å². The molecular formula is C9H11NO4. The number of ether oxygens (including phenoxy) is 1. The summed E-state index contributed by atoms with van der Waals surface area (Å²) in [6, 6.07) is 3.15. The molecule has 0 saturated heterocycles. The highest BCUT2D eigenvalue weighted by atomic mass is 16.5. The summed E-state index contributed by atoms with van der Waals surface area (Å²) in [5.41, 5.74) is 0.466. The number of aliphatic hydroxyl groups excluding tert-OH is 1. The first-order valence-electron chi connectivity index (χ1n) is 4.03. The number of rotatable bonds is 4. The Morgan fingerprint density at radius 2 is 2.36 bits per heavy atom. The minimum atomic E-state index is -1.05. The first-order valence-corrected chi connectivity index (χ1v) is 4.03. The van der Waals surface area contributed by atoms with E-state index in [9.17, 15) is 9.90 Å². The Hall–Kier alpha value is -1.62. The molecule has 2 N–H and O–H groups in total. The molecule has 1 heterocycles. The molecule has 0 radical (unpaired) electrons. The van der Waals surface area contributed by atoms with Crippen LogP contribution in [0.1, 0.15) is 18.1 Å². The molecule has 14 heavy (non-hydrogen) atoms. The van der Waals surface area contributed by atoms with E-state index in [-0.39, 0.29) is 6.42 Å². The van der Waals surface area contributed by atoms with E-state index in [1.54, 1.807) is 12.1 Å². The summed E-state index contributed by atoms with van der Waals surface area (Å²) >= 11 is 0. The van der Waals surface area contributed by atoms with Crippen molar-refractivity contribution in [2.24, 2.45) is 0 Å². The Labute approximate surface area is 81.0 Å². The van der Waals surface area contributed by atoms with Crippen molar-refractivity contribution in [3.8, 4) is 5.88 Å².